The molecule has 0 spiro atoms. The molecule has 4 aromatic carbocycles. The van der Waals surface area contributed by atoms with Gasteiger partial charge in [0, 0.05) is 34.3 Å². The van der Waals surface area contributed by atoms with Gasteiger partial charge in [0.25, 0.3) is 0 Å². The van der Waals surface area contributed by atoms with Gasteiger partial charge in [-0.15, -0.1) is 0 Å². The van der Waals surface area contributed by atoms with Crippen molar-refractivity contribution in [2.24, 2.45) is 0 Å². The Labute approximate surface area is 250 Å². The van der Waals surface area contributed by atoms with Crippen molar-refractivity contribution in [3.8, 4) is 22.7 Å². The topological polar surface area (TPSA) is 86.4 Å². The Morgan fingerprint density at radius 2 is 1.64 bits per heavy atom. The number of hydrogen-bond donors (Lipinski definition) is 1. The number of rotatable bonds is 8. The van der Waals surface area contributed by atoms with E-state index in [1.807, 2.05) is 79.0 Å². The summed E-state index contributed by atoms with van der Waals surface area (Å²) in [6.07, 6.45) is 5.03. The van der Waals surface area contributed by atoms with Crippen molar-refractivity contribution in [1.29, 1.82) is 0 Å². The number of ketones is 1. The van der Waals surface area contributed by atoms with E-state index in [-0.39, 0.29) is 11.5 Å². The van der Waals surface area contributed by atoms with E-state index in [1.165, 1.54) is 6.08 Å². The maximum Gasteiger partial charge on any atom is 0.248 e. The number of carbonyl (C=O) groups is 2. The summed E-state index contributed by atoms with van der Waals surface area (Å²) in [6, 6.07) is 31.8. The number of amides is 1. The van der Waals surface area contributed by atoms with Gasteiger partial charge in [-0.1, -0.05) is 60.7 Å². The van der Waals surface area contributed by atoms with E-state index in [4.69, 9.17) is 14.3 Å². The number of hydrogen-bond acceptors (Lipinski definition) is 5. The van der Waals surface area contributed by atoms with Crippen LogP contribution in [-0.4, -0.2) is 28.6 Å². The molecule has 206 valence electrons. The van der Waals surface area contributed by atoms with Crippen LogP contribution in [0.5, 0.6) is 5.75 Å². The highest BCUT2D eigenvalue weighted by Gasteiger charge is 2.24. The summed E-state index contributed by atoms with van der Waals surface area (Å²) in [5.74, 6) is -0.153. The van der Waals surface area contributed by atoms with Gasteiger partial charge in [0.05, 0.1) is 28.7 Å². The monoisotopic (exact) mass is 617 g/mol. The molecule has 0 aliphatic rings. The first-order chi connectivity index (χ1) is 20.5. The van der Waals surface area contributed by atoms with E-state index in [9.17, 15) is 9.59 Å². The zero-order valence-electron chi connectivity index (χ0n) is 22.5. The number of halogens is 1. The van der Waals surface area contributed by atoms with Gasteiger partial charge in [0.1, 0.15) is 11.3 Å². The lowest BCUT2D eigenvalue weighted by molar-refractivity contribution is -0.111. The summed E-state index contributed by atoms with van der Waals surface area (Å²) in [5.41, 5.74) is 4.50. The molecule has 0 fully saturated rings. The van der Waals surface area contributed by atoms with Gasteiger partial charge >= 0.3 is 0 Å². The number of methoxy groups -OCH3 is 1. The van der Waals surface area contributed by atoms with Crippen LogP contribution in [0.3, 0.4) is 0 Å². The number of nitrogens with one attached hydrogen (secondary N) is 1. The molecule has 1 N–H and O–H groups in total. The Kier molecular flexibility index (Phi) is 7.53. The molecule has 0 atom stereocenters. The number of fused-ring (bicyclic) bond motifs is 1. The van der Waals surface area contributed by atoms with E-state index in [0.29, 0.717) is 32.4 Å². The van der Waals surface area contributed by atoms with Crippen LogP contribution in [0.1, 0.15) is 21.7 Å². The van der Waals surface area contributed by atoms with Gasteiger partial charge in [-0.25, -0.2) is 4.68 Å². The molecule has 0 saturated heterocycles. The van der Waals surface area contributed by atoms with E-state index in [2.05, 4.69) is 21.2 Å². The van der Waals surface area contributed by atoms with E-state index < -0.39 is 5.91 Å². The Balaban J connectivity index is 1.33. The highest BCUT2D eigenvalue weighted by atomic mass is 79.9. The van der Waals surface area contributed by atoms with Gasteiger partial charge in [0.2, 0.25) is 11.7 Å². The molecule has 2 heterocycles. The lowest BCUT2D eigenvalue weighted by atomic mass is 10.1. The quantitative estimate of drug-likeness (QED) is 0.138. The zero-order valence-corrected chi connectivity index (χ0v) is 24.0. The van der Waals surface area contributed by atoms with Crippen molar-refractivity contribution in [2.75, 3.05) is 12.4 Å². The van der Waals surface area contributed by atoms with Crippen molar-refractivity contribution in [1.82, 2.24) is 9.78 Å². The van der Waals surface area contributed by atoms with Crippen LogP contribution < -0.4 is 10.1 Å². The van der Waals surface area contributed by atoms with Crippen molar-refractivity contribution in [2.45, 2.75) is 0 Å². The fraction of sp³-hybridized carbons (Fsp3) is 0.0294. The number of carbonyl (C=O) groups excluding carboxylic acids is 2. The minimum absolute atomic E-state index is 0.0388. The molecule has 1 amide bonds. The first kappa shape index (κ1) is 27.0. The minimum Gasteiger partial charge on any atom is -0.496 e. The Bertz CT molecular complexity index is 1940. The average molecular weight is 618 g/mol. The van der Waals surface area contributed by atoms with Crippen LogP contribution in [0.4, 0.5) is 5.69 Å². The van der Waals surface area contributed by atoms with Gasteiger partial charge in [-0.3, -0.25) is 9.59 Å². The van der Waals surface area contributed by atoms with Gasteiger partial charge < -0.3 is 14.5 Å². The molecule has 6 rings (SSSR count). The fourth-order valence-electron chi connectivity index (χ4n) is 4.64. The first-order valence-electron chi connectivity index (χ1n) is 13.1. The SMILES string of the molecule is COc1ccc(C(=O)c2oc3ccccc3c2NC(=O)/C=C/c2cn(-c3ccccc3)nc2-c2ccccc2)cc1Br. The molecular formula is C34H24BrN3O4. The van der Waals surface area contributed by atoms with Crippen LogP contribution in [0.25, 0.3) is 34.0 Å². The lowest BCUT2D eigenvalue weighted by Crippen LogP contribution is -2.11. The third-order valence-corrected chi connectivity index (χ3v) is 7.31. The summed E-state index contributed by atoms with van der Waals surface area (Å²) in [4.78, 5) is 26.9. The average Bonchev–Trinajstić information content (AvgIpc) is 3.62. The third kappa shape index (κ3) is 5.40. The molecule has 7 nitrogen and oxygen atoms in total. The third-order valence-electron chi connectivity index (χ3n) is 6.69. The molecule has 0 aliphatic heterocycles. The Morgan fingerprint density at radius 3 is 2.38 bits per heavy atom. The second kappa shape index (κ2) is 11.7. The molecule has 0 aliphatic carbocycles. The molecule has 2 aromatic heterocycles. The van der Waals surface area contributed by atoms with Crippen molar-refractivity contribution in [3.63, 3.8) is 0 Å². The van der Waals surface area contributed by atoms with Crippen molar-refractivity contribution >= 4 is 50.4 Å². The number of furan rings is 1. The number of benzene rings is 4. The molecule has 42 heavy (non-hydrogen) atoms. The van der Waals surface area contributed by atoms with Crippen molar-refractivity contribution < 1.29 is 18.7 Å². The molecule has 6 aromatic rings. The largest absolute Gasteiger partial charge is 0.496 e. The maximum atomic E-state index is 13.6. The fourth-order valence-corrected chi connectivity index (χ4v) is 5.18. The molecule has 0 bridgehead atoms. The van der Waals surface area contributed by atoms with Crippen LogP contribution in [0.15, 0.2) is 124 Å². The number of nitrogens with zero attached hydrogens (tertiary/aromatic N) is 2. The normalized spacial score (nSPS) is 11.2. The van der Waals surface area contributed by atoms with E-state index >= 15 is 0 Å². The molecule has 0 radical (unpaired) electrons. The highest BCUT2D eigenvalue weighted by molar-refractivity contribution is 9.10. The van der Waals surface area contributed by atoms with E-state index in [1.54, 1.807) is 48.2 Å². The Morgan fingerprint density at radius 1 is 0.929 bits per heavy atom. The molecule has 0 unspecified atom stereocenters. The summed E-state index contributed by atoms with van der Waals surface area (Å²) in [5, 5.41) is 8.30. The van der Waals surface area contributed by atoms with Gasteiger partial charge in [0.15, 0.2) is 5.76 Å². The first-order valence-corrected chi connectivity index (χ1v) is 13.9. The van der Waals surface area contributed by atoms with Crippen molar-refractivity contribution in [3.05, 3.63) is 137 Å². The number of anilines is 1. The minimum atomic E-state index is -0.419. The van der Waals surface area contributed by atoms with Gasteiger partial charge in [-0.05, 0) is 64.5 Å². The number of para-hydroxylation sites is 2. The second-order valence-corrected chi connectivity index (χ2v) is 10.2. The summed E-state index contributed by atoms with van der Waals surface area (Å²) in [7, 11) is 1.55. The predicted molar refractivity (Wildman–Crippen MR) is 167 cm³/mol. The Hall–Kier alpha value is -5.21. The van der Waals surface area contributed by atoms with Gasteiger partial charge in [-0.2, -0.15) is 5.10 Å². The second-order valence-electron chi connectivity index (χ2n) is 9.38. The van der Waals surface area contributed by atoms with E-state index in [0.717, 1.165) is 22.5 Å². The lowest BCUT2D eigenvalue weighted by Gasteiger charge is -2.06. The molecular weight excluding hydrogens is 594 g/mol. The van der Waals surface area contributed by atoms with Crippen LogP contribution in [-0.2, 0) is 4.79 Å². The van der Waals surface area contributed by atoms with Crippen LogP contribution in [0.2, 0.25) is 0 Å². The maximum absolute atomic E-state index is 13.6. The number of ether oxygens (including phenoxy) is 1. The number of aromatic nitrogens is 2. The van der Waals surface area contributed by atoms with Crippen LogP contribution >= 0.6 is 15.9 Å². The van der Waals surface area contributed by atoms with Crippen LogP contribution in [0, 0.1) is 0 Å². The zero-order chi connectivity index (χ0) is 29.1. The smallest absolute Gasteiger partial charge is 0.248 e. The summed E-state index contributed by atoms with van der Waals surface area (Å²) >= 11 is 3.43. The predicted octanol–water partition coefficient (Wildman–Crippen LogP) is 7.94. The summed E-state index contributed by atoms with van der Waals surface area (Å²) < 4.78 is 13.7. The molecule has 8 heteroatoms. The highest BCUT2D eigenvalue weighted by Crippen LogP contribution is 2.34. The standard InChI is InChI=1S/C34H24BrN3O4/c1-41-29-18-16-23(20-27(29)35)33(40)34-32(26-14-8-9-15-28(26)42-34)36-30(39)19-17-24-21-38(25-12-6-3-7-13-25)37-31(24)22-10-4-2-5-11-22/h2-21H,1H3,(H,36,39)/b19-17+. The summed E-state index contributed by atoms with van der Waals surface area (Å²) in [6.45, 7) is 0. The molecule has 0 saturated carbocycles.